The Hall–Kier alpha value is -0.870. The predicted octanol–water partition coefficient (Wildman–Crippen LogP) is 1.83. The van der Waals surface area contributed by atoms with Gasteiger partial charge in [-0.25, -0.2) is 8.42 Å². The van der Waals surface area contributed by atoms with E-state index in [9.17, 15) is 8.42 Å². The smallest absolute Gasteiger partial charge is 0.179 e. The van der Waals surface area contributed by atoms with Crippen LogP contribution in [0.1, 0.15) is 36.4 Å². The molecule has 0 aromatic heterocycles. The molecular formula is C13H17NO2S. The largest absolute Gasteiger partial charge is 0.310 e. The maximum atomic E-state index is 12.1. The second-order valence-electron chi connectivity index (χ2n) is 4.91. The number of sulfone groups is 1. The topological polar surface area (TPSA) is 46.2 Å². The third-order valence-electron chi connectivity index (χ3n) is 3.76. The van der Waals surface area contributed by atoms with E-state index in [2.05, 4.69) is 5.32 Å². The molecule has 2 aliphatic rings. The quantitative estimate of drug-likeness (QED) is 0.828. The van der Waals surface area contributed by atoms with Gasteiger partial charge < -0.3 is 5.32 Å². The van der Waals surface area contributed by atoms with E-state index >= 15 is 0 Å². The second kappa shape index (κ2) is 4.10. The van der Waals surface area contributed by atoms with Gasteiger partial charge in [0.15, 0.2) is 9.84 Å². The minimum absolute atomic E-state index is 0.228. The summed E-state index contributed by atoms with van der Waals surface area (Å²) in [4.78, 5) is 0.624. The van der Waals surface area contributed by atoms with Gasteiger partial charge in [0.25, 0.3) is 0 Å². The Kier molecular flexibility index (Phi) is 2.71. The van der Waals surface area contributed by atoms with Gasteiger partial charge >= 0.3 is 0 Å². The van der Waals surface area contributed by atoms with Crippen LogP contribution in [0, 0.1) is 0 Å². The summed E-state index contributed by atoms with van der Waals surface area (Å²) < 4.78 is 24.2. The van der Waals surface area contributed by atoms with Crippen molar-refractivity contribution in [3.63, 3.8) is 0 Å². The van der Waals surface area contributed by atoms with Crippen LogP contribution in [0.25, 0.3) is 0 Å². The lowest BCUT2D eigenvalue weighted by Crippen LogP contribution is -2.28. The lowest BCUT2D eigenvalue weighted by molar-refractivity contribution is 0.407. The predicted molar refractivity (Wildman–Crippen MR) is 66.8 cm³/mol. The molecular weight excluding hydrogens is 234 g/mol. The van der Waals surface area contributed by atoms with E-state index in [0.29, 0.717) is 11.3 Å². The normalized spacial score (nSPS) is 26.7. The number of rotatable bonds is 1. The summed E-state index contributed by atoms with van der Waals surface area (Å²) in [7, 11) is -3.03. The Bertz CT molecular complexity index is 530. The first-order valence-corrected chi connectivity index (χ1v) is 7.92. The fourth-order valence-corrected chi connectivity index (χ4v) is 4.75. The Labute approximate surface area is 102 Å². The van der Waals surface area contributed by atoms with Crippen LogP contribution >= 0.6 is 0 Å². The Morgan fingerprint density at radius 2 is 2.12 bits per heavy atom. The highest BCUT2D eigenvalue weighted by Crippen LogP contribution is 2.35. The summed E-state index contributed by atoms with van der Waals surface area (Å²) in [6, 6.07) is 6.15. The number of hydrogen-bond acceptors (Lipinski definition) is 3. The number of piperidine rings is 1. The van der Waals surface area contributed by atoms with Crippen molar-refractivity contribution in [3.05, 3.63) is 29.3 Å². The summed E-state index contributed by atoms with van der Waals surface area (Å²) in [6.07, 6.45) is 4.10. The van der Waals surface area contributed by atoms with Crippen molar-refractivity contribution in [2.75, 3.05) is 12.3 Å². The minimum Gasteiger partial charge on any atom is -0.310 e. The fraction of sp³-hybridized carbons (Fsp3) is 0.538. The van der Waals surface area contributed by atoms with Crippen LogP contribution in [0.5, 0.6) is 0 Å². The lowest BCUT2D eigenvalue weighted by atomic mass is 9.96. The van der Waals surface area contributed by atoms with Crippen LogP contribution in [0.4, 0.5) is 0 Å². The van der Waals surface area contributed by atoms with Crippen molar-refractivity contribution in [1.29, 1.82) is 0 Å². The number of fused-ring (bicyclic) bond motifs is 1. The molecule has 0 aliphatic carbocycles. The van der Waals surface area contributed by atoms with Crippen LogP contribution in [0.2, 0.25) is 0 Å². The molecule has 1 saturated heterocycles. The average Bonchev–Trinajstić information content (AvgIpc) is 2.67. The molecule has 17 heavy (non-hydrogen) atoms. The first kappa shape index (κ1) is 11.2. The minimum atomic E-state index is -3.03. The molecule has 3 rings (SSSR count). The molecule has 2 aliphatic heterocycles. The Morgan fingerprint density at radius 3 is 2.88 bits per heavy atom. The summed E-state index contributed by atoms with van der Waals surface area (Å²) in [5.74, 6) is 0.284. The number of nitrogens with one attached hydrogen (secondary N) is 1. The molecule has 1 aromatic carbocycles. The summed E-state index contributed by atoms with van der Waals surface area (Å²) >= 11 is 0. The highest BCUT2D eigenvalue weighted by Gasteiger charge is 2.31. The first-order valence-electron chi connectivity index (χ1n) is 6.26. The number of aryl methyl sites for hydroxylation is 1. The molecule has 0 amide bonds. The molecule has 1 N–H and O–H groups in total. The van der Waals surface area contributed by atoms with Gasteiger partial charge in [0, 0.05) is 6.04 Å². The van der Waals surface area contributed by atoms with Crippen molar-refractivity contribution >= 4 is 9.84 Å². The Morgan fingerprint density at radius 1 is 1.24 bits per heavy atom. The highest BCUT2D eigenvalue weighted by atomic mass is 32.2. The van der Waals surface area contributed by atoms with Gasteiger partial charge in [-0.2, -0.15) is 0 Å². The van der Waals surface area contributed by atoms with Gasteiger partial charge in [-0.15, -0.1) is 0 Å². The molecule has 0 radical (unpaired) electrons. The molecule has 1 aromatic rings. The number of hydrogen-bond donors (Lipinski definition) is 1. The zero-order valence-corrected chi connectivity index (χ0v) is 10.6. The van der Waals surface area contributed by atoms with Crippen molar-refractivity contribution in [3.8, 4) is 0 Å². The van der Waals surface area contributed by atoms with E-state index in [0.717, 1.165) is 24.1 Å². The zero-order valence-electron chi connectivity index (χ0n) is 9.78. The van der Waals surface area contributed by atoms with Crippen molar-refractivity contribution in [1.82, 2.24) is 5.32 Å². The third-order valence-corrected chi connectivity index (χ3v) is 5.63. The van der Waals surface area contributed by atoms with Crippen molar-refractivity contribution < 1.29 is 8.42 Å². The van der Waals surface area contributed by atoms with E-state index in [1.807, 2.05) is 18.2 Å². The lowest BCUT2D eigenvalue weighted by Gasteiger charge is -2.25. The molecule has 0 bridgehead atoms. The van der Waals surface area contributed by atoms with Crippen molar-refractivity contribution in [2.45, 2.75) is 36.6 Å². The molecule has 1 fully saturated rings. The van der Waals surface area contributed by atoms with Crippen LogP contribution in [0.15, 0.2) is 23.1 Å². The molecule has 92 valence electrons. The van der Waals surface area contributed by atoms with E-state index in [1.165, 1.54) is 12.8 Å². The SMILES string of the molecule is O=S1(=O)CCc2cccc(C3CCCCN3)c21. The van der Waals surface area contributed by atoms with Gasteiger partial charge in [0.1, 0.15) is 0 Å². The van der Waals surface area contributed by atoms with Gasteiger partial charge in [0.2, 0.25) is 0 Å². The van der Waals surface area contributed by atoms with Crippen LogP contribution < -0.4 is 5.32 Å². The van der Waals surface area contributed by atoms with Gasteiger partial charge in [-0.3, -0.25) is 0 Å². The maximum absolute atomic E-state index is 12.1. The van der Waals surface area contributed by atoms with Gasteiger partial charge in [0.05, 0.1) is 10.6 Å². The first-order chi connectivity index (χ1) is 8.18. The monoisotopic (exact) mass is 251 g/mol. The molecule has 0 spiro atoms. The van der Waals surface area contributed by atoms with E-state index < -0.39 is 9.84 Å². The fourth-order valence-electron chi connectivity index (χ4n) is 2.92. The van der Waals surface area contributed by atoms with Gasteiger partial charge in [-0.05, 0) is 36.9 Å². The average molecular weight is 251 g/mol. The summed E-state index contributed by atoms with van der Waals surface area (Å²) in [6.45, 7) is 0.994. The van der Waals surface area contributed by atoms with Crippen molar-refractivity contribution in [2.24, 2.45) is 0 Å². The third kappa shape index (κ3) is 1.89. The molecule has 2 heterocycles. The number of benzene rings is 1. The standard InChI is InChI=1S/C13H17NO2S/c15-17(16)9-7-10-4-3-5-11(13(10)17)12-6-1-2-8-14-12/h3-5,12,14H,1-2,6-9H2. The van der Waals surface area contributed by atoms with Crippen LogP contribution in [0.3, 0.4) is 0 Å². The molecule has 4 heteroatoms. The summed E-state index contributed by atoms with van der Waals surface area (Å²) in [5, 5.41) is 3.44. The van der Waals surface area contributed by atoms with Crippen LogP contribution in [-0.4, -0.2) is 20.7 Å². The summed E-state index contributed by atoms with van der Waals surface area (Å²) in [5.41, 5.74) is 2.01. The molecule has 1 unspecified atom stereocenters. The molecule has 0 saturated carbocycles. The van der Waals surface area contributed by atoms with E-state index in [-0.39, 0.29) is 11.8 Å². The second-order valence-corrected chi connectivity index (χ2v) is 6.95. The maximum Gasteiger partial charge on any atom is 0.179 e. The van der Waals surface area contributed by atoms with E-state index in [4.69, 9.17) is 0 Å². The highest BCUT2D eigenvalue weighted by molar-refractivity contribution is 7.91. The zero-order chi connectivity index (χ0) is 11.9. The van der Waals surface area contributed by atoms with E-state index in [1.54, 1.807) is 0 Å². The van der Waals surface area contributed by atoms with Gasteiger partial charge in [-0.1, -0.05) is 24.6 Å². The Balaban J connectivity index is 2.09. The van der Waals surface area contributed by atoms with Crippen LogP contribution in [-0.2, 0) is 16.3 Å². The molecule has 3 nitrogen and oxygen atoms in total. The molecule has 1 atom stereocenters.